The minimum Gasteiger partial charge on any atom is -0.351 e. The van der Waals surface area contributed by atoms with Gasteiger partial charge in [-0.3, -0.25) is 4.79 Å². The van der Waals surface area contributed by atoms with Crippen LogP contribution in [0.4, 0.5) is 19.3 Å². The summed E-state index contributed by atoms with van der Waals surface area (Å²) in [6.07, 6.45) is 0. The zero-order chi connectivity index (χ0) is 14.7. The molecule has 2 aromatic carbocycles. The normalized spacial score (nSPS) is 10.1. The van der Waals surface area contributed by atoms with E-state index in [0.29, 0.717) is 4.90 Å². The van der Waals surface area contributed by atoms with Crippen molar-refractivity contribution >= 4 is 17.6 Å². The third-order valence-corrected chi connectivity index (χ3v) is 2.61. The van der Waals surface area contributed by atoms with Crippen LogP contribution in [0.2, 0.25) is 0 Å². The smallest absolute Gasteiger partial charge is 0.326 e. The standard InChI is InChI=1S/C14H10F2N2O2/c15-10-7-4-8-11(16)12(10)13(19)18(14(17)20)9-5-2-1-3-6-9/h1-8H,(H2,17,20). The number of halogens is 2. The first-order valence-electron chi connectivity index (χ1n) is 5.65. The van der Waals surface area contributed by atoms with Gasteiger partial charge in [-0.25, -0.2) is 18.5 Å². The number of hydrogen-bond acceptors (Lipinski definition) is 2. The van der Waals surface area contributed by atoms with Crippen LogP contribution in [0.25, 0.3) is 0 Å². The molecule has 0 bridgehead atoms. The van der Waals surface area contributed by atoms with E-state index in [-0.39, 0.29) is 5.69 Å². The molecule has 0 aliphatic rings. The Bertz CT molecular complexity index is 639. The van der Waals surface area contributed by atoms with Gasteiger partial charge in [0.15, 0.2) is 0 Å². The summed E-state index contributed by atoms with van der Waals surface area (Å²) < 4.78 is 27.2. The minimum absolute atomic E-state index is 0.132. The highest BCUT2D eigenvalue weighted by Crippen LogP contribution is 2.20. The molecule has 102 valence electrons. The summed E-state index contributed by atoms with van der Waals surface area (Å²) in [6, 6.07) is 9.52. The summed E-state index contributed by atoms with van der Waals surface area (Å²) >= 11 is 0. The van der Waals surface area contributed by atoms with Crippen molar-refractivity contribution in [2.24, 2.45) is 5.73 Å². The number of anilines is 1. The Hall–Kier alpha value is -2.76. The average molecular weight is 276 g/mol. The Morgan fingerprint density at radius 1 is 0.900 bits per heavy atom. The summed E-state index contributed by atoms with van der Waals surface area (Å²) in [5.74, 6) is -3.27. The van der Waals surface area contributed by atoms with Crippen LogP contribution in [0.15, 0.2) is 48.5 Å². The Morgan fingerprint density at radius 3 is 1.95 bits per heavy atom. The van der Waals surface area contributed by atoms with Crippen molar-refractivity contribution < 1.29 is 18.4 Å². The first-order chi connectivity index (χ1) is 9.52. The molecule has 6 heteroatoms. The maximum atomic E-state index is 13.6. The zero-order valence-electron chi connectivity index (χ0n) is 10.2. The molecule has 0 saturated heterocycles. The molecule has 0 heterocycles. The summed E-state index contributed by atoms with van der Waals surface area (Å²) in [5.41, 5.74) is 4.44. The number of nitrogens with zero attached hydrogens (tertiary/aromatic N) is 1. The number of benzene rings is 2. The second-order valence-electron chi connectivity index (χ2n) is 3.91. The van der Waals surface area contributed by atoms with E-state index < -0.39 is 29.1 Å². The number of rotatable bonds is 2. The minimum atomic E-state index is -1.15. The number of para-hydroxylation sites is 1. The lowest BCUT2D eigenvalue weighted by molar-refractivity contribution is 0.0987. The van der Waals surface area contributed by atoms with E-state index in [1.165, 1.54) is 12.1 Å². The van der Waals surface area contributed by atoms with Gasteiger partial charge < -0.3 is 5.73 Å². The van der Waals surface area contributed by atoms with Crippen LogP contribution in [-0.2, 0) is 0 Å². The van der Waals surface area contributed by atoms with Crippen LogP contribution in [-0.4, -0.2) is 11.9 Å². The quantitative estimate of drug-likeness (QED) is 0.916. The molecule has 0 aromatic heterocycles. The van der Waals surface area contributed by atoms with Gasteiger partial charge in [0.05, 0.1) is 5.69 Å². The highest BCUT2D eigenvalue weighted by molar-refractivity contribution is 6.20. The van der Waals surface area contributed by atoms with Gasteiger partial charge in [-0.05, 0) is 24.3 Å². The fourth-order valence-electron chi connectivity index (χ4n) is 1.74. The van der Waals surface area contributed by atoms with Gasteiger partial charge in [-0.1, -0.05) is 24.3 Å². The first-order valence-corrected chi connectivity index (χ1v) is 5.65. The fraction of sp³-hybridized carbons (Fsp3) is 0. The zero-order valence-corrected chi connectivity index (χ0v) is 10.2. The largest absolute Gasteiger partial charge is 0.351 e. The SMILES string of the molecule is NC(=O)N(C(=O)c1c(F)cccc1F)c1ccccc1. The lowest BCUT2D eigenvalue weighted by Crippen LogP contribution is -2.41. The lowest BCUT2D eigenvalue weighted by Gasteiger charge is -2.19. The Morgan fingerprint density at radius 2 is 1.45 bits per heavy atom. The van der Waals surface area contributed by atoms with Gasteiger partial charge in [0.1, 0.15) is 17.2 Å². The number of hydrogen-bond donors (Lipinski definition) is 1. The number of carbonyl (C=O) groups is 2. The molecule has 2 rings (SSSR count). The van der Waals surface area contributed by atoms with Gasteiger partial charge in [0.25, 0.3) is 5.91 Å². The fourth-order valence-corrected chi connectivity index (χ4v) is 1.74. The van der Waals surface area contributed by atoms with E-state index >= 15 is 0 Å². The molecule has 0 aliphatic carbocycles. The van der Waals surface area contributed by atoms with Crippen LogP contribution in [0.3, 0.4) is 0 Å². The van der Waals surface area contributed by atoms with Crippen molar-refractivity contribution in [2.75, 3.05) is 4.90 Å². The molecule has 0 saturated carbocycles. The second kappa shape index (κ2) is 5.48. The van der Waals surface area contributed by atoms with Gasteiger partial charge in [0, 0.05) is 0 Å². The number of carbonyl (C=O) groups excluding carboxylic acids is 2. The number of primary amides is 1. The molecule has 0 aliphatic heterocycles. The molecule has 0 radical (unpaired) electrons. The molecule has 2 aromatic rings. The molecule has 0 atom stereocenters. The molecule has 0 spiro atoms. The van der Waals surface area contributed by atoms with Crippen molar-refractivity contribution in [3.63, 3.8) is 0 Å². The van der Waals surface area contributed by atoms with Crippen LogP contribution < -0.4 is 10.6 Å². The van der Waals surface area contributed by atoms with Crippen molar-refractivity contribution in [1.82, 2.24) is 0 Å². The summed E-state index contributed by atoms with van der Waals surface area (Å²) in [4.78, 5) is 24.1. The number of nitrogens with two attached hydrogens (primary N) is 1. The Kier molecular flexibility index (Phi) is 3.74. The van der Waals surface area contributed by atoms with E-state index in [2.05, 4.69) is 0 Å². The monoisotopic (exact) mass is 276 g/mol. The first kappa shape index (κ1) is 13.7. The van der Waals surface area contributed by atoms with Crippen LogP contribution in [0.5, 0.6) is 0 Å². The Balaban J connectivity index is 2.51. The molecule has 4 nitrogen and oxygen atoms in total. The van der Waals surface area contributed by atoms with Gasteiger partial charge in [-0.2, -0.15) is 0 Å². The predicted octanol–water partition coefficient (Wildman–Crippen LogP) is 2.69. The highest BCUT2D eigenvalue weighted by Gasteiger charge is 2.27. The van der Waals surface area contributed by atoms with Crippen LogP contribution >= 0.6 is 0 Å². The van der Waals surface area contributed by atoms with Crippen LogP contribution in [0, 0.1) is 11.6 Å². The molecular formula is C14H10F2N2O2. The van der Waals surface area contributed by atoms with Crippen molar-refractivity contribution in [2.45, 2.75) is 0 Å². The molecule has 20 heavy (non-hydrogen) atoms. The van der Waals surface area contributed by atoms with E-state index in [0.717, 1.165) is 18.2 Å². The van der Waals surface area contributed by atoms with E-state index in [1.807, 2.05) is 0 Å². The van der Waals surface area contributed by atoms with Crippen LogP contribution in [0.1, 0.15) is 10.4 Å². The van der Waals surface area contributed by atoms with Crippen molar-refractivity contribution in [3.05, 3.63) is 65.7 Å². The third-order valence-electron chi connectivity index (χ3n) is 2.61. The van der Waals surface area contributed by atoms with E-state index in [1.54, 1.807) is 18.2 Å². The van der Waals surface area contributed by atoms with Gasteiger partial charge in [0.2, 0.25) is 0 Å². The summed E-state index contributed by atoms with van der Waals surface area (Å²) in [7, 11) is 0. The highest BCUT2D eigenvalue weighted by atomic mass is 19.1. The van der Waals surface area contributed by atoms with E-state index in [4.69, 9.17) is 5.73 Å². The van der Waals surface area contributed by atoms with Crippen molar-refractivity contribution in [1.29, 1.82) is 0 Å². The van der Waals surface area contributed by atoms with Gasteiger partial charge >= 0.3 is 6.03 Å². The maximum absolute atomic E-state index is 13.6. The molecule has 0 unspecified atom stereocenters. The van der Waals surface area contributed by atoms with Gasteiger partial charge in [-0.15, -0.1) is 0 Å². The number of amides is 3. The van der Waals surface area contributed by atoms with Crippen molar-refractivity contribution in [3.8, 4) is 0 Å². The lowest BCUT2D eigenvalue weighted by atomic mass is 10.1. The molecule has 0 fully saturated rings. The number of urea groups is 1. The average Bonchev–Trinajstić information content (AvgIpc) is 2.39. The molecule has 3 amide bonds. The third kappa shape index (κ3) is 2.49. The summed E-state index contributed by atoms with van der Waals surface area (Å²) in [5, 5.41) is 0. The predicted molar refractivity (Wildman–Crippen MR) is 69.2 cm³/mol. The number of imide groups is 1. The summed E-state index contributed by atoms with van der Waals surface area (Å²) in [6.45, 7) is 0. The Labute approximate surface area is 113 Å². The topological polar surface area (TPSA) is 63.4 Å². The maximum Gasteiger partial charge on any atom is 0.326 e. The molecular weight excluding hydrogens is 266 g/mol. The second-order valence-corrected chi connectivity index (χ2v) is 3.91. The van der Waals surface area contributed by atoms with E-state index in [9.17, 15) is 18.4 Å². The molecule has 2 N–H and O–H groups in total.